The van der Waals surface area contributed by atoms with E-state index in [1.807, 2.05) is 45.0 Å². The molecule has 6 nitrogen and oxygen atoms in total. The highest BCUT2D eigenvalue weighted by atomic mass is 16.5. The molecule has 1 aliphatic heterocycles. The van der Waals surface area contributed by atoms with Crippen molar-refractivity contribution in [1.82, 2.24) is 15.1 Å². The van der Waals surface area contributed by atoms with Crippen LogP contribution in [0.25, 0.3) is 0 Å². The molecule has 1 aliphatic rings. The van der Waals surface area contributed by atoms with Gasteiger partial charge in [-0.1, -0.05) is 30.4 Å². The van der Waals surface area contributed by atoms with Crippen LogP contribution in [0.5, 0.6) is 5.75 Å². The highest BCUT2D eigenvalue weighted by Gasteiger charge is 2.33. The Balaban J connectivity index is 2.14. The number of para-hydroxylation sites is 1. The molecule has 2 amide bonds. The molecule has 0 aliphatic carbocycles. The number of carbonyl (C=O) groups is 2. The first kappa shape index (κ1) is 21.0. The third-order valence-electron chi connectivity index (χ3n) is 4.65. The predicted octanol–water partition coefficient (Wildman–Crippen LogP) is 2.20. The van der Waals surface area contributed by atoms with Gasteiger partial charge in [0.25, 0.3) is 0 Å². The second-order valence-corrected chi connectivity index (χ2v) is 6.89. The van der Waals surface area contributed by atoms with Crippen molar-refractivity contribution in [2.45, 2.75) is 39.8 Å². The van der Waals surface area contributed by atoms with Gasteiger partial charge in [0.05, 0.1) is 19.1 Å². The van der Waals surface area contributed by atoms with Gasteiger partial charge >= 0.3 is 0 Å². The summed E-state index contributed by atoms with van der Waals surface area (Å²) in [6.07, 6.45) is 0.170. The van der Waals surface area contributed by atoms with Gasteiger partial charge in [-0.2, -0.15) is 0 Å². The zero-order chi connectivity index (χ0) is 19.8. The van der Waals surface area contributed by atoms with Crippen molar-refractivity contribution in [2.75, 3.05) is 32.8 Å². The maximum absolute atomic E-state index is 12.7. The first-order valence-electron chi connectivity index (χ1n) is 9.60. The molecule has 1 fully saturated rings. The van der Waals surface area contributed by atoms with Gasteiger partial charge in [-0.15, -0.1) is 0 Å². The lowest BCUT2D eigenvalue weighted by Gasteiger charge is -2.36. The lowest BCUT2D eigenvalue weighted by Crippen LogP contribution is -2.56. The fraction of sp³-hybridized carbons (Fsp3) is 0.524. The molecule has 1 heterocycles. The number of benzene rings is 1. The second-order valence-electron chi connectivity index (χ2n) is 6.89. The topological polar surface area (TPSA) is 61.9 Å². The number of nitrogens with zero attached hydrogens (tertiary/aromatic N) is 2. The average Bonchev–Trinajstić information content (AvgIpc) is 2.64. The number of hydrogen-bond acceptors (Lipinski definition) is 4. The van der Waals surface area contributed by atoms with Crippen LogP contribution >= 0.6 is 0 Å². The van der Waals surface area contributed by atoms with Gasteiger partial charge in [0, 0.05) is 38.3 Å². The number of ether oxygens (including phenoxy) is 1. The molecule has 0 spiro atoms. The molecule has 0 saturated carbocycles. The van der Waals surface area contributed by atoms with Crippen LogP contribution in [0.3, 0.4) is 0 Å². The van der Waals surface area contributed by atoms with Crippen molar-refractivity contribution in [1.29, 1.82) is 0 Å². The molecule has 0 unspecified atom stereocenters. The van der Waals surface area contributed by atoms with E-state index in [1.165, 1.54) is 0 Å². The molecular weight excluding hydrogens is 342 g/mol. The molecule has 1 aromatic carbocycles. The van der Waals surface area contributed by atoms with Crippen LogP contribution in [0.2, 0.25) is 0 Å². The Bertz CT molecular complexity index is 674. The fourth-order valence-corrected chi connectivity index (χ4v) is 3.32. The summed E-state index contributed by atoms with van der Waals surface area (Å²) in [7, 11) is 0. The average molecular weight is 373 g/mol. The quantitative estimate of drug-likeness (QED) is 0.674. The van der Waals surface area contributed by atoms with Crippen LogP contribution in [0.1, 0.15) is 32.8 Å². The van der Waals surface area contributed by atoms with Crippen LogP contribution in [-0.2, 0) is 16.1 Å². The maximum atomic E-state index is 12.7. The minimum atomic E-state index is -0.472. The Morgan fingerprint density at radius 2 is 2.11 bits per heavy atom. The fourth-order valence-electron chi connectivity index (χ4n) is 3.32. The smallest absolute Gasteiger partial charge is 0.237 e. The summed E-state index contributed by atoms with van der Waals surface area (Å²) < 4.78 is 5.71. The van der Waals surface area contributed by atoms with E-state index in [-0.39, 0.29) is 18.2 Å². The summed E-state index contributed by atoms with van der Waals surface area (Å²) in [6.45, 7) is 13.3. The van der Waals surface area contributed by atoms with E-state index >= 15 is 0 Å². The molecule has 0 bridgehead atoms. The third kappa shape index (κ3) is 5.82. The molecule has 27 heavy (non-hydrogen) atoms. The van der Waals surface area contributed by atoms with E-state index in [2.05, 4.69) is 16.8 Å². The summed E-state index contributed by atoms with van der Waals surface area (Å²) >= 11 is 0. The number of carbonyl (C=O) groups excluding carboxylic acids is 2. The van der Waals surface area contributed by atoms with Crippen molar-refractivity contribution < 1.29 is 14.3 Å². The van der Waals surface area contributed by atoms with E-state index in [4.69, 9.17) is 4.74 Å². The van der Waals surface area contributed by atoms with E-state index in [9.17, 15) is 9.59 Å². The van der Waals surface area contributed by atoms with Crippen molar-refractivity contribution in [3.63, 3.8) is 0 Å². The molecule has 1 saturated heterocycles. The third-order valence-corrected chi connectivity index (χ3v) is 4.65. The van der Waals surface area contributed by atoms with E-state index in [1.54, 1.807) is 4.90 Å². The first-order valence-corrected chi connectivity index (χ1v) is 9.60. The molecule has 2 rings (SSSR count). The Kier molecular flexibility index (Phi) is 7.85. The SMILES string of the molecule is C=C(C)CN(CC)C(=O)C[C@@H]1C(=O)NCCN1Cc1ccccc1OCC. The van der Waals surface area contributed by atoms with E-state index in [0.717, 1.165) is 16.9 Å². The van der Waals surface area contributed by atoms with Crippen LogP contribution in [-0.4, -0.2) is 60.4 Å². The number of hydrogen-bond donors (Lipinski definition) is 1. The molecule has 1 aromatic rings. The van der Waals surface area contributed by atoms with Crippen LogP contribution in [0.15, 0.2) is 36.4 Å². The molecule has 1 N–H and O–H groups in total. The molecule has 0 radical (unpaired) electrons. The van der Waals surface area contributed by atoms with E-state index < -0.39 is 6.04 Å². The Hall–Kier alpha value is -2.34. The maximum Gasteiger partial charge on any atom is 0.237 e. The van der Waals surface area contributed by atoms with Gasteiger partial charge in [0.15, 0.2) is 0 Å². The zero-order valence-corrected chi connectivity index (χ0v) is 16.7. The van der Waals surface area contributed by atoms with Gasteiger partial charge in [-0.3, -0.25) is 14.5 Å². The zero-order valence-electron chi connectivity index (χ0n) is 16.7. The summed E-state index contributed by atoms with van der Waals surface area (Å²) in [5, 5.41) is 2.89. The number of likely N-dealkylation sites (N-methyl/N-ethyl adjacent to an activating group) is 1. The van der Waals surface area contributed by atoms with Crippen molar-refractivity contribution in [2.24, 2.45) is 0 Å². The van der Waals surface area contributed by atoms with Crippen molar-refractivity contribution in [3.8, 4) is 5.75 Å². The molecule has 1 atom stereocenters. The van der Waals surface area contributed by atoms with E-state index in [0.29, 0.717) is 39.3 Å². The number of nitrogens with one attached hydrogen (secondary N) is 1. The van der Waals surface area contributed by atoms with Gasteiger partial charge < -0.3 is 15.0 Å². The first-order chi connectivity index (χ1) is 13.0. The Labute approximate surface area is 162 Å². The normalized spacial score (nSPS) is 17.3. The van der Waals surface area contributed by atoms with Crippen LogP contribution < -0.4 is 10.1 Å². The van der Waals surface area contributed by atoms with Gasteiger partial charge in [-0.25, -0.2) is 0 Å². The summed E-state index contributed by atoms with van der Waals surface area (Å²) in [4.78, 5) is 29.1. The second kappa shape index (κ2) is 10.1. The Morgan fingerprint density at radius 1 is 1.37 bits per heavy atom. The summed E-state index contributed by atoms with van der Waals surface area (Å²) in [6, 6.07) is 7.38. The minimum Gasteiger partial charge on any atom is -0.494 e. The highest BCUT2D eigenvalue weighted by molar-refractivity contribution is 5.89. The predicted molar refractivity (Wildman–Crippen MR) is 107 cm³/mol. The van der Waals surface area contributed by atoms with Gasteiger partial charge in [0.1, 0.15) is 5.75 Å². The lowest BCUT2D eigenvalue weighted by atomic mass is 10.1. The molecule has 0 aromatic heterocycles. The summed E-state index contributed by atoms with van der Waals surface area (Å²) in [5.41, 5.74) is 1.96. The summed E-state index contributed by atoms with van der Waals surface area (Å²) in [5.74, 6) is 0.717. The number of piperazine rings is 1. The monoisotopic (exact) mass is 373 g/mol. The standard InChI is InChI=1S/C21H31N3O3/c1-5-23(14-16(3)4)20(25)13-18-21(26)22-11-12-24(18)15-17-9-7-8-10-19(17)27-6-2/h7-10,18H,3,5-6,11-15H2,1-2,4H3,(H,22,26)/t18-/m1/s1. The van der Waals surface area contributed by atoms with Gasteiger partial charge in [-0.05, 0) is 26.8 Å². The van der Waals surface area contributed by atoms with Crippen molar-refractivity contribution >= 4 is 11.8 Å². The largest absolute Gasteiger partial charge is 0.494 e. The minimum absolute atomic E-state index is 0.0226. The number of amides is 2. The number of rotatable bonds is 9. The Morgan fingerprint density at radius 3 is 2.78 bits per heavy atom. The van der Waals surface area contributed by atoms with Crippen molar-refractivity contribution in [3.05, 3.63) is 42.0 Å². The van der Waals surface area contributed by atoms with Crippen LogP contribution in [0, 0.1) is 0 Å². The molecule has 148 valence electrons. The van der Waals surface area contributed by atoms with Gasteiger partial charge in [0.2, 0.25) is 11.8 Å². The van der Waals surface area contributed by atoms with Crippen LogP contribution in [0.4, 0.5) is 0 Å². The molecular formula is C21H31N3O3. The lowest BCUT2D eigenvalue weighted by molar-refractivity contribution is -0.138. The highest BCUT2D eigenvalue weighted by Crippen LogP contribution is 2.22. The molecule has 6 heteroatoms.